The Balaban J connectivity index is 1.83. The zero-order valence-electron chi connectivity index (χ0n) is 21.6. The number of ether oxygens (including phenoxy) is 4. The fourth-order valence-electron chi connectivity index (χ4n) is 5.18. The van der Waals surface area contributed by atoms with E-state index in [1.165, 1.54) is 0 Å². The molecule has 2 aromatic rings. The number of para-hydroxylation sites is 1. The first kappa shape index (κ1) is 25.4. The number of benzene rings is 2. The molecule has 7 heteroatoms. The van der Waals surface area contributed by atoms with Gasteiger partial charge in [0.25, 0.3) is 0 Å². The standard InChI is InChI=1S/C29H33NO6/c1-16(2)36-29(32)26-17(3)30-21-13-19(18-11-12-24(34-5)25(15-18)35-6)14-22(31)28(21)27(26)20-9-7-8-10-23(20)33-4/h7-13,15-16,19,27-28,30H,14H2,1-6H3. The summed E-state index contributed by atoms with van der Waals surface area (Å²) in [5.74, 6) is 0.245. The van der Waals surface area contributed by atoms with Crippen molar-refractivity contribution in [3.05, 3.63) is 76.6 Å². The third-order valence-electron chi connectivity index (χ3n) is 6.74. The Morgan fingerprint density at radius 3 is 2.31 bits per heavy atom. The van der Waals surface area contributed by atoms with Gasteiger partial charge in [0.1, 0.15) is 11.5 Å². The van der Waals surface area contributed by atoms with Gasteiger partial charge in [0.15, 0.2) is 11.5 Å². The van der Waals surface area contributed by atoms with E-state index in [1.54, 1.807) is 21.3 Å². The number of carbonyl (C=O) groups excluding carboxylic acids is 2. The van der Waals surface area contributed by atoms with Crippen LogP contribution in [0.25, 0.3) is 0 Å². The lowest BCUT2D eigenvalue weighted by atomic mass is 9.68. The lowest BCUT2D eigenvalue weighted by Crippen LogP contribution is -2.42. The van der Waals surface area contributed by atoms with E-state index in [2.05, 4.69) is 11.4 Å². The second kappa shape index (κ2) is 10.5. The molecule has 2 aliphatic rings. The van der Waals surface area contributed by atoms with E-state index in [9.17, 15) is 9.59 Å². The van der Waals surface area contributed by atoms with Gasteiger partial charge < -0.3 is 24.3 Å². The van der Waals surface area contributed by atoms with Gasteiger partial charge in [-0.3, -0.25) is 4.79 Å². The van der Waals surface area contributed by atoms with E-state index in [1.807, 2.05) is 63.2 Å². The van der Waals surface area contributed by atoms with Crippen molar-refractivity contribution in [2.75, 3.05) is 21.3 Å². The summed E-state index contributed by atoms with van der Waals surface area (Å²) in [6.45, 7) is 5.47. The normalized spacial score (nSPS) is 21.4. The quantitative estimate of drug-likeness (QED) is 0.553. The number of esters is 1. The third-order valence-corrected chi connectivity index (χ3v) is 6.74. The van der Waals surface area contributed by atoms with E-state index in [0.717, 1.165) is 16.8 Å². The second-order valence-corrected chi connectivity index (χ2v) is 9.33. The number of nitrogens with one attached hydrogen (secondary N) is 1. The molecule has 1 N–H and O–H groups in total. The van der Waals surface area contributed by atoms with E-state index >= 15 is 0 Å². The van der Waals surface area contributed by atoms with Crippen molar-refractivity contribution in [1.82, 2.24) is 5.32 Å². The van der Waals surface area contributed by atoms with Gasteiger partial charge in [-0.15, -0.1) is 0 Å². The van der Waals surface area contributed by atoms with Crippen LogP contribution in [0, 0.1) is 5.92 Å². The predicted molar refractivity (Wildman–Crippen MR) is 136 cm³/mol. The van der Waals surface area contributed by atoms with Gasteiger partial charge in [-0.2, -0.15) is 0 Å². The average molecular weight is 492 g/mol. The summed E-state index contributed by atoms with van der Waals surface area (Å²) in [7, 11) is 4.78. The lowest BCUT2D eigenvalue weighted by molar-refractivity contribution is -0.143. The maximum absolute atomic E-state index is 13.8. The van der Waals surface area contributed by atoms with Crippen molar-refractivity contribution in [3.8, 4) is 17.2 Å². The Morgan fingerprint density at radius 1 is 0.944 bits per heavy atom. The first-order chi connectivity index (χ1) is 17.3. The fourth-order valence-corrected chi connectivity index (χ4v) is 5.18. The van der Waals surface area contributed by atoms with Gasteiger partial charge in [0.05, 0.1) is 38.9 Å². The summed E-state index contributed by atoms with van der Waals surface area (Å²) in [4.78, 5) is 27.1. The van der Waals surface area contributed by atoms with Gasteiger partial charge in [-0.25, -0.2) is 4.79 Å². The third kappa shape index (κ3) is 4.70. The number of carbonyl (C=O) groups is 2. The van der Waals surface area contributed by atoms with Gasteiger partial charge in [0, 0.05) is 35.2 Å². The fraction of sp³-hybridized carbons (Fsp3) is 0.379. The highest BCUT2D eigenvalue weighted by Gasteiger charge is 2.46. The number of allylic oxidation sites excluding steroid dienone is 3. The Morgan fingerprint density at radius 2 is 1.64 bits per heavy atom. The molecular formula is C29H33NO6. The van der Waals surface area contributed by atoms with Crippen molar-refractivity contribution in [2.24, 2.45) is 5.92 Å². The van der Waals surface area contributed by atoms with Crippen LogP contribution in [0.4, 0.5) is 0 Å². The van der Waals surface area contributed by atoms with Crippen LogP contribution in [0.1, 0.15) is 50.2 Å². The maximum Gasteiger partial charge on any atom is 0.336 e. The summed E-state index contributed by atoms with van der Waals surface area (Å²) in [5.41, 5.74) is 3.63. The first-order valence-electron chi connectivity index (χ1n) is 12.1. The molecule has 0 saturated heterocycles. The van der Waals surface area contributed by atoms with Gasteiger partial charge in [0.2, 0.25) is 0 Å². The molecule has 7 nitrogen and oxygen atoms in total. The van der Waals surface area contributed by atoms with Crippen LogP contribution in [0.15, 0.2) is 65.5 Å². The average Bonchev–Trinajstić information content (AvgIpc) is 2.86. The minimum Gasteiger partial charge on any atom is -0.496 e. The number of hydrogen-bond acceptors (Lipinski definition) is 7. The maximum atomic E-state index is 13.8. The Bertz CT molecular complexity index is 1230. The SMILES string of the molecule is COc1ccc(C2C=C3NC(C)=C(C(=O)OC(C)C)C(c4ccccc4OC)C3C(=O)C2)cc1OC. The Hall–Kier alpha value is -3.74. The van der Waals surface area contributed by atoms with Crippen LogP contribution in [-0.2, 0) is 14.3 Å². The summed E-state index contributed by atoms with van der Waals surface area (Å²) in [6.07, 6.45) is 2.09. The molecule has 36 heavy (non-hydrogen) atoms. The number of hydrogen-bond donors (Lipinski definition) is 1. The molecule has 3 unspecified atom stereocenters. The highest BCUT2D eigenvalue weighted by molar-refractivity contribution is 5.96. The molecule has 3 atom stereocenters. The van der Waals surface area contributed by atoms with E-state index in [4.69, 9.17) is 18.9 Å². The van der Waals surface area contributed by atoms with Crippen molar-refractivity contribution >= 4 is 11.8 Å². The molecule has 4 rings (SSSR count). The molecule has 0 amide bonds. The molecule has 1 aliphatic heterocycles. The first-order valence-corrected chi connectivity index (χ1v) is 12.1. The minimum absolute atomic E-state index is 0.0398. The van der Waals surface area contributed by atoms with Crippen LogP contribution in [-0.4, -0.2) is 39.2 Å². The van der Waals surface area contributed by atoms with Crippen LogP contribution < -0.4 is 19.5 Å². The zero-order chi connectivity index (χ0) is 26.0. The van der Waals surface area contributed by atoms with Crippen molar-refractivity contribution < 1.29 is 28.5 Å². The smallest absolute Gasteiger partial charge is 0.336 e. The van der Waals surface area contributed by atoms with Gasteiger partial charge in [-0.1, -0.05) is 30.3 Å². The van der Waals surface area contributed by atoms with Crippen LogP contribution in [0.3, 0.4) is 0 Å². The highest BCUT2D eigenvalue weighted by atomic mass is 16.5. The number of methoxy groups -OCH3 is 3. The number of rotatable bonds is 7. The summed E-state index contributed by atoms with van der Waals surface area (Å²) in [6, 6.07) is 13.2. The van der Waals surface area contributed by atoms with Crippen LogP contribution >= 0.6 is 0 Å². The van der Waals surface area contributed by atoms with Crippen molar-refractivity contribution in [3.63, 3.8) is 0 Å². The van der Waals surface area contributed by atoms with Crippen LogP contribution in [0.2, 0.25) is 0 Å². The summed E-state index contributed by atoms with van der Waals surface area (Å²) < 4.78 is 22.1. The van der Waals surface area contributed by atoms with Crippen molar-refractivity contribution in [1.29, 1.82) is 0 Å². The topological polar surface area (TPSA) is 83.1 Å². The predicted octanol–water partition coefficient (Wildman–Crippen LogP) is 4.88. The highest BCUT2D eigenvalue weighted by Crippen LogP contribution is 2.48. The van der Waals surface area contributed by atoms with E-state index in [-0.39, 0.29) is 17.8 Å². The van der Waals surface area contributed by atoms with E-state index in [0.29, 0.717) is 34.9 Å². The summed E-state index contributed by atoms with van der Waals surface area (Å²) in [5, 5.41) is 3.36. The molecule has 0 aromatic heterocycles. The van der Waals surface area contributed by atoms with Crippen molar-refractivity contribution in [2.45, 2.75) is 45.1 Å². The minimum atomic E-state index is -0.559. The number of fused-ring (bicyclic) bond motifs is 1. The molecule has 0 bridgehead atoms. The largest absolute Gasteiger partial charge is 0.496 e. The molecular weight excluding hydrogens is 458 g/mol. The molecule has 1 aliphatic carbocycles. The zero-order valence-corrected chi connectivity index (χ0v) is 21.6. The molecule has 0 saturated carbocycles. The Labute approximate surface area is 212 Å². The molecule has 190 valence electrons. The van der Waals surface area contributed by atoms with Gasteiger partial charge >= 0.3 is 5.97 Å². The molecule has 2 aromatic carbocycles. The molecule has 0 radical (unpaired) electrons. The number of Topliss-reactive ketones (excluding diaryl/α,β-unsaturated/α-hetero) is 1. The van der Waals surface area contributed by atoms with Gasteiger partial charge in [-0.05, 0) is 44.5 Å². The van der Waals surface area contributed by atoms with E-state index < -0.39 is 17.8 Å². The Kier molecular flexibility index (Phi) is 7.38. The molecule has 0 fully saturated rings. The second-order valence-electron chi connectivity index (χ2n) is 9.33. The monoisotopic (exact) mass is 491 g/mol. The molecule has 1 heterocycles. The number of ketones is 1. The van der Waals surface area contributed by atoms with Crippen LogP contribution in [0.5, 0.6) is 17.2 Å². The lowest BCUT2D eigenvalue weighted by Gasteiger charge is -2.40. The summed E-state index contributed by atoms with van der Waals surface area (Å²) >= 11 is 0. The molecule has 0 spiro atoms.